The zero-order valence-electron chi connectivity index (χ0n) is 9.16. The molecular weight excluding hydrogens is 200 g/mol. The summed E-state index contributed by atoms with van der Waals surface area (Å²) in [7, 11) is -4.01. The minimum Gasteiger partial charge on any atom is -0.197 e. The fourth-order valence-electron chi connectivity index (χ4n) is 1.55. The molecule has 0 aliphatic rings. The number of unbranched alkanes of at least 4 members (excludes halogenated alkanes) is 2. The summed E-state index contributed by atoms with van der Waals surface area (Å²) in [5, 5.41) is 0. The molecule has 4 heteroatoms. The van der Waals surface area contributed by atoms with Crippen molar-refractivity contribution in [2.75, 3.05) is 5.75 Å². The van der Waals surface area contributed by atoms with E-state index in [0.717, 1.165) is 19.3 Å². The normalized spacial score (nSPS) is 14.2. The van der Waals surface area contributed by atoms with Gasteiger partial charge in [0.1, 0.15) is 0 Å². The Morgan fingerprint density at radius 2 is 1.71 bits per heavy atom. The van der Waals surface area contributed by atoms with Crippen LogP contribution in [0, 0.1) is 5.92 Å². The first-order valence-electron chi connectivity index (χ1n) is 5.43. The van der Waals surface area contributed by atoms with Crippen LogP contribution >= 0.6 is 0 Å². The molecule has 0 bridgehead atoms. The molecule has 0 amide bonds. The molecule has 0 spiro atoms. The van der Waals surface area contributed by atoms with Gasteiger partial charge in [0.05, 0.1) is 5.75 Å². The van der Waals surface area contributed by atoms with Crippen LogP contribution in [0.5, 0.6) is 0 Å². The van der Waals surface area contributed by atoms with E-state index < -0.39 is 10.1 Å². The second-order valence-electron chi connectivity index (χ2n) is 3.82. The first kappa shape index (κ1) is 13.9. The van der Waals surface area contributed by atoms with E-state index in [4.69, 9.17) is 0 Å². The standard InChI is InChI=1S/C10H21O3S/c1-3-5-6-7-10(4-2)8-9-14(11,12)13/h10H,3-9H2,1-2H3. The van der Waals surface area contributed by atoms with E-state index in [1.165, 1.54) is 12.8 Å². The maximum Gasteiger partial charge on any atom is 0.294 e. The van der Waals surface area contributed by atoms with Crippen LogP contribution in [0.15, 0.2) is 0 Å². The number of rotatable bonds is 8. The Bertz CT molecular complexity index is 222. The molecule has 14 heavy (non-hydrogen) atoms. The summed E-state index contributed by atoms with van der Waals surface area (Å²) in [6.07, 6.45) is 6.08. The number of hydrogen-bond acceptors (Lipinski definition) is 2. The van der Waals surface area contributed by atoms with Crippen molar-refractivity contribution in [3.8, 4) is 0 Å². The number of hydrogen-bond donors (Lipinski definition) is 0. The molecule has 3 nitrogen and oxygen atoms in total. The summed E-state index contributed by atoms with van der Waals surface area (Å²) in [4.78, 5) is 0. The molecule has 0 N–H and O–H groups in total. The van der Waals surface area contributed by atoms with Crippen LogP contribution in [-0.4, -0.2) is 14.2 Å². The van der Waals surface area contributed by atoms with E-state index in [9.17, 15) is 13.0 Å². The van der Waals surface area contributed by atoms with E-state index in [-0.39, 0.29) is 5.75 Å². The topological polar surface area (TPSA) is 54.0 Å². The van der Waals surface area contributed by atoms with Gasteiger partial charge in [0, 0.05) is 0 Å². The zero-order valence-corrected chi connectivity index (χ0v) is 9.98. The Balaban J connectivity index is 3.69. The maximum atomic E-state index is 10.4. The molecule has 1 atom stereocenters. The van der Waals surface area contributed by atoms with Gasteiger partial charge >= 0.3 is 0 Å². The first-order chi connectivity index (χ1) is 6.49. The van der Waals surface area contributed by atoms with Crippen LogP contribution in [0.3, 0.4) is 0 Å². The molecule has 0 aliphatic heterocycles. The molecule has 85 valence electrons. The summed E-state index contributed by atoms with van der Waals surface area (Å²) in [6, 6.07) is 0. The predicted molar refractivity (Wildman–Crippen MR) is 57.0 cm³/mol. The molecule has 0 aromatic heterocycles. The first-order valence-corrected chi connectivity index (χ1v) is 7.00. The second kappa shape index (κ2) is 7.23. The largest absolute Gasteiger partial charge is 0.294 e. The molecule has 0 aromatic carbocycles. The Morgan fingerprint density at radius 1 is 1.07 bits per heavy atom. The fourth-order valence-corrected chi connectivity index (χ4v) is 2.17. The van der Waals surface area contributed by atoms with Gasteiger partial charge in [-0.2, -0.15) is 8.42 Å². The van der Waals surface area contributed by atoms with E-state index >= 15 is 0 Å². The van der Waals surface area contributed by atoms with Gasteiger partial charge < -0.3 is 0 Å². The molecule has 0 fully saturated rings. The van der Waals surface area contributed by atoms with Gasteiger partial charge in [-0.15, -0.1) is 0 Å². The minimum absolute atomic E-state index is 0.197. The summed E-state index contributed by atoms with van der Waals surface area (Å²) in [5.41, 5.74) is 0. The molecule has 1 unspecified atom stereocenters. The monoisotopic (exact) mass is 221 g/mol. The van der Waals surface area contributed by atoms with Gasteiger partial charge in [-0.1, -0.05) is 50.5 Å². The van der Waals surface area contributed by atoms with Crippen molar-refractivity contribution in [1.29, 1.82) is 0 Å². The van der Waals surface area contributed by atoms with Crippen molar-refractivity contribution in [3.05, 3.63) is 0 Å². The maximum absolute atomic E-state index is 10.4. The third-order valence-electron chi connectivity index (χ3n) is 2.57. The molecule has 0 rings (SSSR count). The van der Waals surface area contributed by atoms with Crippen molar-refractivity contribution < 1.29 is 13.0 Å². The fraction of sp³-hybridized carbons (Fsp3) is 1.00. The Labute approximate surface area is 87.7 Å². The van der Waals surface area contributed by atoms with E-state index in [2.05, 4.69) is 6.92 Å². The van der Waals surface area contributed by atoms with Gasteiger partial charge in [0.2, 0.25) is 0 Å². The van der Waals surface area contributed by atoms with Crippen LogP contribution in [0.1, 0.15) is 52.4 Å². The van der Waals surface area contributed by atoms with Crippen LogP contribution in [0.2, 0.25) is 0 Å². The van der Waals surface area contributed by atoms with Crippen molar-refractivity contribution in [2.45, 2.75) is 52.4 Å². The molecule has 0 saturated heterocycles. The zero-order chi connectivity index (χ0) is 11.0. The quantitative estimate of drug-likeness (QED) is 0.592. The van der Waals surface area contributed by atoms with Crippen molar-refractivity contribution in [3.63, 3.8) is 0 Å². The van der Waals surface area contributed by atoms with E-state index in [1.54, 1.807) is 0 Å². The molecule has 0 saturated carbocycles. The highest BCUT2D eigenvalue weighted by atomic mass is 32.2. The highest BCUT2D eigenvalue weighted by molar-refractivity contribution is 7.85. The molecule has 0 aromatic rings. The van der Waals surface area contributed by atoms with Gasteiger partial charge in [-0.3, -0.25) is 0 Å². The highest BCUT2D eigenvalue weighted by Gasteiger charge is 2.12. The Kier molecular flexibility index (Phi) is 7.19. The van der Waals surface area contributed by atoms with Crippen molar-refractivity contribution in [2.24, 2.45) is 5.92 Å². The SMILES string of the molecule is CCCCCC(CC)CCS([O])(=O)=O. The summed E-state index contributed by atoms with van der Waals surface area (Å²) in [6.45, 7) is 4.19. The third kappa shape index (κ3) is 8.51. The van der Waals surface area contributed by atoms with Crippen molar-refractivity contribution in [1.82, 2.24) is 0 Å². The summed E-state index contributed by atoms with van der Waals surface area (Å²) in [5.74, 6) is 0.211. The third-order valence-corrected chi connectivity index (χ3v) is 3.31. The van der Waals surface area contributed by atoms with Crippen LogP contribution < -0.4 is 0 Å². The lowest BCUT2D eigenvalue weighted by molar-refractivity contribution is 0.393. The van der Waals surface area contributed by atoms with Gasteiger partial charge in [0.15, 0.2) is 0 Å². The van der Waals surface area contributed by atoms with E-state index in [1.807, 2.05) is 6.92 Å². The van der Waals surface area contributed by atoms with Gasteiger partial charge in [-0.05, 0) is 12.3 Å². The smallest absolute Gasteiger partial charge is 0.197 e. The summed E-state index contributed by atoms with van der Waals surface area (Å²) < 4.78 is 31.3. The molecule has 0 aliphatic carbocycles. The lowest BCUT2D eigenvalue weighted by Crippen LogP contribution is -2.08. The highest BCUT2D eigenvalue weighted by Crippen LogP contribution is 2.17. The molecule has 1 radical (unpaired) electrons. The molecular formula is C10H21O3S. The average molecular weight is 221 g/mol. The average Bonchev–Trinajstić information content (AvgIpc) is 2.09. The molecule has 0 heterocycles. The lowest BCUT2D eigenvalue weighted by atomic mass is 9.96. The summed E-state index contributed by atoms with van der Waals surface area (Å²) >= 11 is 0. The minimum atomic E-state index is -4.01. The second-order valence-corrected chi connectivity index (χ2v) is 5.34. The Morgan fingerprint density at radius 3 is 2.14 bits per heavy atom. The van der Waals surface area contributed by atoms with Crippen LogP contribution in [0.25, 0.3) is 0 Å². The van der Waals surface area contributed by atoms with Crippen LogP contribution in [0.4, 0.5) is 0 Å². The predicted octanol–water partition coefficient (Wildman–Crippen LogP) is 2.74. The lowest BCUT2D eigenvalue weighted by Gasteiger charge is -2.12. The van der Waals surface area contributed by atoms with Gasteiger partial charge in [-0.25, -0.2) is 0 Å². The van der Waals surface area contributed by atoms with Crippen molar-refractivity contribution >= 4 is 10.1 Å². The van der Waals surface area contributed by atoms with Crippen LogP contribution in [-0.2, 0) is 14.7 Å². The van der Waals surface area contributed by atoms with E-state index in [0.29, 0.717) is 12.3 Å². The van der Waals surface area contributed by atoms with Gasteiger partial charge in [0.25, 0.3) is 10.1 Å². The Hall–Kier alpha value is -0.0900.